The van der Waals surface area contributed by atoms with E-state index in [9.17, 15) is 26.4 Å². The van der Waals surface area contributed by atoms with Crippen LogP contribution in [-0.2, 0) is 66.4 Å². The van der Waals surface area contributed by atoms with Gasteiger partial charge in [-0.05, 0) is 222 Å². The normalized spacial score (nSPS) is 16.1. The van der Waals surface area contributed by atoms with E-state index < -0.39 is 39.7 Å². The van der Waals surface area contributed by atoms with E-state index in [0.29, 0.717) is 99.9 Å². The van der Waals surface area contributed by atoms with Gasteiger partial charge in [0.15, 0.2) is 11.6 Å². The largest absolute Gasteiger partial charge is 0.485 e. The molecule has 27 rings (SSSR count). The van der Waals surface area contributed by atoms with Crippen LogP contribution in [0.3, 0.4) is 0 Å². The fraction of sp³-hybridized carbons (Fsp3) is 0.327. The fourth-order valence-corrected chi connectivity index (χ4v) is 24.2. The molecule has 36 nitrogen and oxygen atoms in total. The number of fused-ring (bicyclic) bond motifs is 23. The number of rotatable bonds is 13. The molecule has 15 aromatic heterocycles. The number of pyridine rings is 5. The molecule has 0 saturated carbocycles. The average molecular weight is 2070 g/mol. The second-order valence-electron chi connectivity index (χ2n) is 39.9. The maximum atomic E-state index is 14.9. The third-order valence-electron chi connectivity index (χ3n) is 30.5. The van der Waals surface area contributed by atoms with E-state index in [0.717, 1.165) is 202 Å². The number of nitrogens with zero attached hydrogens (tertiary/aromatic N) is 21. The van der Waals surface area contributed by atoms with E-state index in [-0.39, 0.29) is 17.1 Å². The number of carbonyl (C=O) groups excluding carboxylic acids is 1. The zero-order chi connectivity index (χ0) is 103. The van der Waals surface area contributed by atoms with Gasteiger partial charge in [-0.3, -0.25) is 51.0 Å². The molecule has 2 saturated heterocycles. The highest BCUT2D eigenvalue weighted by molar-refractivity contribution is 7.88. The lowest BCUT2D eigenvalue weighted by Crippen LogP contribution is -2.36. The van der Waals surface area contributed by atoms with Crippen LogP contribution >= 0.6 is 23.2 Å². The molecular formula is C107H108Cl2F3N31O5S. The molecule has 0 spiro atoms. The Hall–Kier alpha value is -15.4. The summed E-state index contributed by atoms with van der Waals surface area (Å²) >= 11 is 12.5. The molecule has 3 atom stereocenters. The minimum Gasteiger partial charge on any atom is -0.485 e. The number of amides is 1. The number of halogens is 5. The molecule has 21 aromatic rings. The molecule has 0 bridgehead atoms. The van der Waals surface area contributed by atoms with Gasteiger partial charge in [0.1, 0.15) is 28.7 Å². The number of aromatic amines is 10. The van der Waals surface area contributed by atoms with E-state index in [1.54, 1.807) is 49.0 Å². The molecule has 1 amide bonds. The lowest BCUT2D eigenvalue weighted by atomic mass is 9.85. The van der Waals surface area contributed by atoms with Crippen molar-refractivity contribution in [1.82, 2.24) is 146 Å². The number of sulfonamides is 1. The van der Waals surface area contributed by atoms with Crippen molar-refractivity contribution in [2.45, 2.75) is 150 Å². The van der Waals surface area contributed by atoms with Gasteiger partial charge in [0, 0.05) is 197 Å². The zero-order valence-corrected chi connectivity index (χ0v) is 86.4. The molecule has 149 heavy (non-hydrogen) atoms. The summed E-state index contributed by atoms with van der Waals surface area (Å²) in [6.45, 7) is 17.1. The standard InChI is InChI=1S/2C24H29N7.C22H16Cl2FN5O.C19H17FN6O2.C18H17FN6O2S/c2*1-14-18(11-25-28-14)23-17-7-5-4-6-16(17)22-19-12-26-29-20(19)10-21(24(22)27-23)31-9-8-15(13-31)30(2)3;1-10-12(8-26-29-10)18-7-19(21-13-9-27-30-16(13)5-6-17(21)28-18)31-11(2)20-14(23)3-4-15(25)22(20)24;1-9-11(6-21-24-9)17-13-8-26(19(27)28-2)4-3-10(13)16-12-7-22-25-15(12)5-14(20)18(16)23-17;1-9-11(6-20-23-9)17-13-8-25(28(2,26)27)4-3-10(13)16-12-7-21-24-15(12)5-14(19)18(16)22-17/h2*10-12,15H,4-9,13H2,1-3H3,(H,25,28)(H,26,29);3-9,11H,1-2H3,(H,26,29)(H,27,30);5-7H,3-4,8H2,1-2H3,(H,21,24)(H,22,25);5-7H,3-4,8H2,1-2H3,(H,20,23)(H,21,24)/t2*15-;;;/m10.../s1. The quantitative estimate of drug-likeness (QED) is 0.0479. The zero-order valence-electron chi connectivity index (χ0n) is 84.1. The molecule has 19 heterocycles. The minimum absolute atomic E-state index is 0.0577. The predicted molar refractivity (Wildman–Crippen MR) is 571 cm³/mol. The van der Waals surface area contributed by atoms with Crippen molar-refractivity contribution in [2.24, 2.45) is 0 Å². The predicted octanol–water partition coefficient (Wildman–Crippen LogP) is 19.4. The summed E-state index contributed by atoms with van der Waals surface area (Å²) in [6.07, 6.45) is 30.7. The van der Waals surface area contributed by atoms with Crippen LogP contribution in [-0.4, -0.2) is 253 Å². The van der Waals surface area contributed by atoms with Crippen molar-refractivity contribution in [3.8, 4) is 62.0 Å². The number of hydrogen-bond acceptors (Lipinski definition) is 24. The van der Waals surface area contributed by atoms with Crippen LogP contribution in [0.15, 0.2) is 117 Å². The summed E-state index contributed by atoms with van der Waals surface area (Å²) in [5, 5.41) is 81.8. The maximum Gasteiger partial charge on any atom is 0.409 e. The molecule has 2 aliphatic carbocycles. The summed E-state index contributed by atoms with van der Waals surface area (Å²) in [7, 11) is 6.71. The first kappa shape index (κ1) is 97.1. The Balaban J connectivity index is 0.000000102. The number of hydrogen-bond donors (Lipinski definition) is 10. The van der Waals surface area contributed by atoms with Crippen molar-refractivity contribution < 1.29 is 35.9 Å². The SMILES string of the molecule is COC(=O)N1CCc2c(c(-c3cn[nH]c3C)nc3c(F)cc4[nH]ncc4c23)C1.Cc1[nH]ncc1-c1cc(OC(C)c2c(Cl)ccc(F)c2Cl)c2c(ccc3[nH]ncc32)n1.Cc1[nH]ncc1-c1nc2c(F)cc3[nH]ncc3c2c2c1CN(S(C)(=O)=O)CC2.Cc1[nH]ncc1-c1nc2c(N3CC[C@@H](N(C)C)C3)cc3[nH]ncc3c2c2c1CCCC2.Cc1[nH]ncc1-c1nc2c(N3CC[C@H](N(C)C)C3)cc3[nH]ncc3c2c2c1CCCC2. The molecular weight excluding hydrogens is 1960 g/mol. The van der Waals surface area contributed by atoms with Crippen LogP contribution in [0.25, 0.3) is 165 Å². The van der Waals surface area contributed by atoms with Crippen molar-refractivity contribution in [3.63, 3.8) is 0 Å². The van der Waals surface area contributed by atoms with Crippen LogP contribution in [0.1, 0.15) is 130 Å². The topological polar surface area (TPSA) is 440 Å². The third kappa shape index (κ3) is 17.4. The number of benzene rings is 6. The second kappa shape index (κ2) is 39.0. The van der Waals surface area contributed by atoms with Crippen LogP contribution < -0.4 is 14.5 Å². The number of nitrogens with one attached hydrogen (secondary N) is 10. The third-order valence-corrected chi connectivity index (χ3v) is 32.5. The van der Waals surface area contributed by atoms with Gasteiger partial charge < -0.3 is 34.0 Å². The van der Waals surface area contributed by atoms with Crippen molar-refractivity contribution >= 4 is 160 Å². The van der Waals surface area contributed by atoms with Crippen LogP contribution in [0.4, 0.5) is 29.3 Å². The molecule has 2 fully saturated rings. The van der Waals surface area contributed by atoms with Crippen LogP contribution in [0, 0.1) is 52.1 Å². The molecule has 0 radical (unpaired) electrons. The molecule has 762 valence electrons. The number of H-pyrrole nitrogens is 10. The number of methoxy groups -OCH3 is 1. The van der Waals surface area contributed by atoms with E-state index in [1.807, 2.05) is 63.8 Å². The molecule has 1 unspecified atom stereocenters. The lowest BCUT2D eigenvalue weighted by Gasteiger charge is -2.30. The van der Waals surface area contributed by atoms with Crippen molar-refractivity contribution in [2.75, 3.05) is 90.6 Å². The van der Waals surface area contributed by atoms with E-state index in [1.165, 1.54) is 136 Å². The van der Waals surface area contributed by atoms with Gasteiger partial charge in [0.05, 0.1) is 176 Å². The number of aromatic nitrogens is 25. The Morgan fingerprint density at radius 3 is 1.23 bits per heavy atom. The molecule has 6 aromatic carbocycles. The van der Waals surface area contributed by atoms with E-state index in [4.69, 9.17) is 47.6 Å². The number of ether oxygens (including phenoxy) is 2. The summed E-state index contributed by atoms with van der Waals surface area (Å²) < 4.78 is 80.9. The fourth-order valence-electron chi connectivity index (χ4n) is 22.8. The Kier molecular flexibility index (Phi) is 25.4. The highest BCUT2D eigenvalue weighted by Gasteiger charge is 2.38. The summed E-state index contributed by atoms with van der Waals surface area (Å²) in [4.78, 5) is 48.3. The number of likely N-dealkylation sites (N-methyl/N-ethyl adjacent to an activating group) is 2. The Labute approximate surface area is 861 Å². The Morgan fingerprint density at radius 2 is 0.805 bits per heavy atom. The second-order valence-corrected chi connectivity index (χ2v) is 42.6. The van der Waals surface area contributed by atoms with Gasteiger partial charge in [-0.25, -0.2) is 51.3 Å². The molecule has 10 N–H and O–H groups in total. The smallest absolute Gasteiger partial charge is 0.409 e. The number of aryl methyl sites for hydroxylation is 7. The van der Waals surface area contributed by atoms with Gasteiger partial charge in [-0.2, -0.15) is 55.3 Å². The van der Waals surface area contributed by atoms with Gasteiger partial charge >= 0.3 is 6.09 Å². The van der Waals surface area contributed by atoms with Crippen LogP contribution in [0.5, 0.6) is 5.75 Å². The number of anilines is 2. The maximum absolute atomic E-state index is 14.9. The number of carbonyl (C=O) groups is 1. The molecule has 4 aliphatic heterocycles. The summed E-state index contributed by atoms with van der Waals surface area (Å²) in [6, 6.07) is 16.8. The van der Waals surface area contributed by atoms with Crippen LogP contribution in [0.2, 0.25) is 10.0 Å². The lowest BCUT2D eigenvalue weighted by molar-refractivity contribution is 0.119. The molecule has 6 aliphatic rings. The first-order chi connectivity index (χ1) is 72.1. The average Bonchev–Trinajstić information content (AvgIpc) is 1.68. The van der Waals surface area contributed by atoms with E-state index in [2.05, 4.69) is 186 Å². The first-order valence-electron chi connectivity index (χ1n) is 49.9. The summed E-state index contributed by atoms with van der Waals surface area (Å²) in [5.74, 6) is -0.852. The summed E-state index contributed by atoms with van der Waals surface area (Å²) in [5.41, 5.74) is 33.3. The Morgan fingerprint density at radius 1 is 0.423 bits per heavy atom. The van der Waals surface area contributed by atoms with Crippen molar-refractivity contribution in [1.29, 1.82) is 0 Å². The highest BCUT2D eigenvalue weighted by Crippen LogP contribution is 2.49. The first-order valence-corrected chi connectivity index (χ1v) is 52.5. The Bertz CT molecular complexity index is 8800. The van der Waals surface area contributed by atoms with E-state index >= 15 is 0 Å². The highest BCUT2D eigenvalue weighted by atomic mass is 35.5. The van der Waals surface area contributed by atoms with Gasteiger partial charge in [0.25, 0.3) is 0 Å². The van der Waals surface area contributed by atoms with Gasteiger partial charge in [0.2, 0.25) is 10.0 Å². The minimum atomic E-state index is -3.37. The molecule has 42 heteroatoms. The monoisotopic (exact) mass is 2070 g/mol. The van der Waals surface area contributed by atoms with Gasteiger partial charge in [-0.1, -0.05) is 23.2 Å². The van der Waals surface area contributed by atoms with Gasteiger partial charge in [-0.15, -0.1) is 0 Å². The van der Waals surface area contributed by atoms with Crippen molar-refractivity contribution in [3.05, 3.63) is 223 Å².